The molecule has 1 saturated carbocycles. The number of rotatable bonds is 5. The van der Waals surface area contributed by atoms with E-state index >= 15 is 0 Å². The molecule has 2 aromatic rings. The minimum Gasteiger partial charge on any atom is -0.481 e. The summed E-state index contributed by atoms with van der Waals surface area (Å²) in [5, 5.41) is 12.0. The van der Waals surface area contributed by atoms with Crippen LogP contribution in [0.5, 0.6) is 0 Å². The Bertz CT molecular complexity index is 770. The van der Waals surface area contributed by atoms with Crippen LogP contribution in [0.15, 0.2) is 36.5 Å². The van der Waals surface area contributed by atoms with Crippen LogP contribution in [0.4, 0.5) is 0 Å². The minimum atomic E-state index is -0.846. The summed E-state index contributed by atoms with van der Waals surface area (Å²) in [7, 11) is 0. The van der Waals surface area contributed by atoms with Crippen molar-refractivity contribution in [1.29, 1.82) is 0 Å². The van der Waals surface area contributed by atoms with Crippen LogP contribution >= 0.6 is 0 Å². The summed E-state index contributed by atoms with van der Waals surface area (Å²) >= 11 is 0. The van der Waals surface area contributed by atoms with E-state index in [1.165, 1.54) is 6.20 Å². The molecule has 1 aliphatic carbocycles. The maximum Gasteiger partial charge on any atom is 0.311 e. The Labute approximate surface area is 140 Å². The number of aryl methyl sites for hydroxylation is 1. The zero-order chi connectivity index (χ0) is 17.2. The normalized spacial score (nSPS) is 15.4. The van der Waals surface area contributed by atoms with Gasteiger partial charge in [0.05, 0.1) is 16.7 Å². The Kier molecular flexibility index (Phi) is 4.29. The summed E-state index contributed by atoms with van der Waals surface area (Å²) in [5.74, 6) is -0.619. The van der Waals surface area contributed by atoms with E-state index in [4.69, 9.17) is 0 Å². The Morgan fingerprint density at radius 2 is 1.96 bits per heavy atom. The number of aliphatic carboxylic acids is 1. The lowest BCUT2D eigenvalue weighted by atomic mass is 9.69. The Morgan fingerprint density at radius 1 is 1.25 bits per heavy atom. The molecule has 1 aliphatic rings. The maximum atomic E-state index is 12.3. The molecule has 24 heavy (non-hydrogen) atoms. The van der Waals surface area contributed by atoms with Crippen molar-refractivity contribution in [1.82, 2.24) is 15.3 Å². The monoisotopic (exact) mass is 325 g/mol. The van der Waals surface area contributed by atoms with Gasteiger partial charge in [0, 0.05) is 18.3 Å². The molecule has 0 saturated heterocycles. The molecular weight excluding hydrogens is 306 g/mol. The minimum absolute atomic E-state index is 0.140. The Hall–Kier alpha value is -2.76. The number of carboxylic acid groups (broad SMARTS) is 1. The summed E-state index contributed by atoms with van der Waals surface area (Å²) < 4.78 is 0. The highest BCUT2D eigenvalue weighted by atomic mass is 16.4. The van der Waals surface area contributed by atoms with E-state index in [9.17, 15) is 14.7 Å². The van der Waals surface area contributed by atoms with Gasteiger partial charge in [0.2, 0.25) is 0 Å². The number of carboxylic acids is 1. The lowest BCUT2D eigenvalue weighted by Crippen LogP contribution is -2.47. The Balaban J connectivity index is 1.73. The van der Waals surface area contributed by atoms with Crippen LogP contribution in [0.25, 0.3) is 11.4 Å². The van der Waals surface area contributed by atoms with Gasteiger partial charge in [0.15, 0.2) is 5.82 Å². The van der Waals surface area contributed by atoms with Gasteiger partial charge in [0.1, 0.15) is 0 Å². The first-order chi connectivity index (χ1) is 11.5. The second-order valence-electron chi connectivity index (χ2n) is 6.18. The van der Waals surface area contributed by atoms with E-state index in [2.05, 4.69) is 15.3 Å². The predicted molar refractivity (Wildman–Crippen MR) is 88.5 cm³/mol. The van der Waals surface area contributed by atoms with Crippen LogP contribution in [-0.4, -0.2) is 33.5 Å². The van der Waals surface area contributed by atoms with Crippen molar-refractivity contribution in [2.45, 2.75) is 26.2 Å². The number of hydrogen-bond donors (Lipinski definition) is 2. The van der Waals surface area contributed by atoms with Gasteiger partial charge in [-0.25, -0.2) is 9.97 Å². The smallest absolute Gasteiger partial charge is 0.311 e. The number of nitrogens with zero attached hydrogens (tertiary/aromatic N) is 2. The van der Waals surface area contributed by atoms with Gasteiger partial charge in [-0.2, -0.15) is 0 Å². The standard InChI is InChI=1S/C18H19N3O3/c1-12-14(10-19-15(21-12)13-6-3-2-4-7-13)16(22)20-11-18(17(23)24)8-5-9-18/h2-4,6-7,10H,5,8-9,11H2,1H3,(H,20,22)(H,23,24). The van der Waals surface area contributed by atoms with Crippen molar-refractivity contribution < 1.29 is 14.7 Å². The largest absolute Gasteiger partial charge is 0.481 e. The molecule has 3 rings (SSSR count). The molecule has 2 N–H and O–H groups in total. The number of hydrogen-bond acceptors (Lipinski definition) is 4. The van der Waals surface area contributed by atoms with Crippen molar-refractivity contribution in [3.8, 4) is 11.4 Å². The second-order valence-corrected chi connectivity index (χ2v) is 6.18. The number of amides is 1. The fraction of sp³-hybridized carbons (Fsp3) is 0.333. The molecule has 0 radical (unpaired) electrons. The first-order valence-electron chi connectivity index (χ1n) is 7.92. The maximum absolute atomic E-state index is 12.3. The van der Waals surface area contributed by atoms with Gasteiger partial charge in [0.25, 0.3) is 5.91 Å². The van der Waals surface area contributed by atoms with E-state index in [0.717, 1.165) is 12.0 Å². The quantitative estimate of drug-likeness (QED) is 0.881. The van der Waals surface area contributed by atoms with Gasteiger partial charge >= 0.3 is 5.97 Å². The molecular formula is C18H19N3O3. The van der Waals surface area contributed by atoms with Crippen molar-refractivity contribution >= 4 is 11.9 Å². The fourth-order valence-corrected chi connectivity index (χ4v) is 2.83. The van der Waals surface area contributed by atoms with Crippen LogP contribution in [0.3, 0.4) is 0 Å². The third-order valence-corrected chi connectivity index (χ3v) is 4.61. The number of carbonyl (C=O) groups is 2. The second kappa shape index (κ2) is 6.39. The van der Waals surface area contributed by atoms with Crippen LogP contribution in [0.2, 0.25) is 0 Å². The molecule has 1 fully saturated rings. The average Bonchev–Trinajstić information content (AvgIpc) is 2.54. The molecule has 0 spiro atoms. The van der Waals surface area contributed by atoms with E-state index in [0.29, 0.717) is 29.9 Å². The summed E-state index contributed by atoms with van der Waals surface area (Å²) in [4.78, 5) is 32.3. The number of nitrogens with one attached hydrogen (secondary N) is 1. The van der Waals surface area contributed by atoms with E-state index < -0.39 is 11.4 Å². The molecule has 1 heterocycles. The summed E-state index contributed by atoms with van der Waals surface area (Å²) in [6.07, 6.45) is 3.58. The third-order valence-electron chi connectivity index (χ3n) is 4.61. The topological polar surface area (TPSA) is 92.2 Å². The van der Waals surface area contributed by atoms with E-state index in [-0.39, 0.29) is 12.5 Å². The van der Waals surface area contributed by atoms with E-state index in [1.807, 2.05) is 30.3 Å². The van der Waals surface area contributed by atoms with Crippen LogP contribution in [-0.2, 0) is 4.79 Å². The van der Waals surface area contributed by atoms with Crippen molar-refractivity contribution in [2.24, 2.45) is 5.41 Å². The molecule has 0 atom stereocenters. The van der Waals surface area contributed by atoms with Crippen molar-refractivity contribution in [3.05, 3.63) is 47.8 Å². The molecule has 0 bridgehead atoms. The highest BCUT2D eigenvalue weighted by Crippen LogP contribution is 2.40. The first kappa shape index (κ1) is 16.1. The number of benzene rings is 1. The van der Waals surface area contributed by atoms with Crippen LogP contribution in [0.1, 0.15) is 35.3 Å². The van der Waals surface area contributed by atoms with Crippen molar-refractivity contribution in [2.75, 3.05) is 6.54 Å². The third kappa shape index (κ3) is 2.99. The zero-order valence-electron chi connectivity index (χ0n) is 13.5. The predicted octanol–water partition coefficient (Wildman–Crippen LogP) is 2.44. The molecule has 1 amide bonds. The van der Waals surface area contributed by atoms with Crippen LogP contribution < -0.4 is 5.32 Å². The molecule has 6 heteroatoms. The molecule has 1 aromatic heterocycles. The average molecular weight is 325 g/mol. The van der Waals surface area contributed by atoms with Gasteiger partial charge < -0.3 is 10.4 Å². The number of aromatic nitrogens is 2. The SMILES string of the molecule is Cc1nc(-c2ccccc2)ncc1C(=O)NCC1(C(=O)O)CCC1. The summed E-state index contributed by atoms with van der Waals surface area (Å²) in [6, 6.07) is 9.53. The van der Waals surface area contributed by atoms with Gasteiger partial charge in [-0.15, -0.1) is 0 Å². The highest BCUT2D eigenvalue weighted by molar-refractivity contribution is 5.95. The molecule has 124 valence electrons. The summed E-state index contributed by atoms with van der Waals surface area (Å²) in [6.45, 7) is 1.89. The zero-order valence-corrected chi connectivity index (χ0v) is 13.5. The molecule has 0 aliphatic heterocycles. The van der Waals surface area contributed by atoms with Gasteiger partial charge in [-0.3, -0.25) is 9.59 Å². The number of carbonyl (C=O) groups excluding carboxylic acids is 1. The Morgan fingerprint density at radius 3 is 2.50 bits per heavy atom. The van der Waals surface area contributed by atoms with Gasteiger partial charge in [-0.05, 0) is 19.8 Å². The first-order valence-corrected chi connectivity index (χ1v) is 7.92. The lowest BCUT2D eigenvalue weighted by Gasteiger charge is -2.37. The van der Waals surface area contributed by atoms with E-state index in [1.54, 1.807) is 6.92 Å². The summed E-state index contributed by atoms with van der Waals surface area (Å²) in [5.41, 5.74) is 1.01. The highest BCUT2D eigenvalue weighted by Gasteiger charge is 2.44. The van der Waals surface area contributed by atoms with Gasteiger partial charge in [-0.1, -0.05) is 36.8 Å². The molecule has 6 nitrogen and oxygen atoms in total. The van der Waals surface area contributed by atoms with Crippen molar-refractivity contribution in [3.63, 3.8) is 0 Å². The molecule has 1 aromatic carbocycles. The van der Waals surface area contributed by atoms with Crippen LogP contribution in [0, 0.1) is 12.3 Å². The molecule has 0 unspecified atom stereocenters. The fourth-order valence-electron chi connectivity index (χ4n) is 2.83. The lowest BCUT2D eigenvalue weighted by molar-refractivity contribution is -0.153.